The summed E-state index contributed by atoms with van der Waals surface area (Å²) >= 11 is 0. The van der Waals surface area contributed by atoms with Crippen molar-refractivity contribution in [3.63, 3.8) is 0 Å². The minimum atomic E-state index is -0.131. The fourth-order valence-corrected chi connectivity index (χ4v) is 1.70. The van der Waals surface area contributed by atoms with E-state index in [0.717, 1.165) is 12.8 Å². The SMILES string of the molecule is CCC[C@@H](C(=O)NC(C)(C)C)C(C)(C)C. The maximum Gasteiger partial charge on any atom is 0.224 e. The average molecular weight is 213 g/mol. The minimum absolute atomic E-state index is 0.0470. The van der Waals surface area contributed by atoms with Gasteiger partial charge in [-0.25, -0.2) is 0 Å². The van der Waals surface area contributed by atoms with E-state index in [1.807, 2.05) is 20.8 Å². The molecule has 15 heavy (non-hydrogen) atoms. The normalized spacial score (nSPS) is 14.9. The first-order valence-corrected chi connectivity index (χ1v) is 5.90. The average Bonchev–Trinajstić information content (AvgIpc) is 1.93. The first-order valence-electron chi connectivity index (χ1n) is 5.90. The third kappa shape index (κ3) is 5.81. The van der Waals surface area contributed by atoms with E-state index in [1.54, 1.807) is 0 Å². The molecule has 1 amide bonds. The summed E-state index contributed by atoms with van der Waals surface area (Å²) in [6.07, 6.45) is 2.02. The van der Waals surface area contributed by atoms with Crippen LogP contribution in [0.15, 0.2) is 0 Å². The molecule has 0 aromatic carbocycles. The number of carbonyl (C=O) groups is 1. The van der Waals surface area contributed by atoms with Gasteiger partial charge in [0.2, 0.25) is 5.91 Å². The van der Waals surface area contributed by atoms with Crippen molar-refractivity contribution in [2.45, 2.75) is 66.8 Å². The number of rotatable bonds is 3. The molecule has 0 fully saturated rings. The van der Waals surface area contributed by atoms with Gasteiger partial charge in [0.15, 0.2) is 0 Å². The van der Waals surface area contributed by atoms with Gasteiger partial charge in [0, 0.05) is 11.5 Å². The Balaban J connectivity index is 4.58. The first-order chi connectivity index (χ1) is 6.58. The van der Waals surface area contributed by atoms with Crippen LogP contribution in [0.3, 0.4) is 0 Å². The Morgan fingerprint density at radius 1 is 1.13 bits per heavy atom. The molecule has 0 radical (unpaired) electrons. The Morgan fingerprint density at radius 3 is 1.87 bits per heavy atom. The van der Waals surface area contributed by atoms with Crippen molar-refractivity contribution in [3.8, 4) is 0 Å². The Labute approximate surface area is 94.8 Å². The molecule has 0 bridgehead atoms. The molecule has 0 aromatic heterocycles. The predicted molar refractivity (Wildman–Crippen MR) is 65.7 cm³/mol. The molecular weight excluding hydrogens is 186 g/mol. The molecule has 0 aliphatic heterocycles. The lowest BCUT2D eigenvalue weighted by Gasteiger charge is -2.32. The fraction of sp³-hybridized carbons (Fsp3) is 0.923. The summed E-state index contributed by atoms with van der Waals surface area (Å²) in [6, 6.07) is 0. The zero-order valence-corrected chi connectivity index (χ0v) is 11.4. The van der Waals surface area contributed by atoms with Gasteiger partial charge in [-0.1, -0.05) is 34.1 Å². The molecule has 2 nitrogen and oxygen atoms in total. The van der Waals surface area contributed by atoms with E-state index in [0.29, 0.717) is 0 Å². The van der Waals surface area contributed by atoms with Gasteiger partial charge in [0.1, 0.15) is 0 Å². The molecule has 2 heteroatoms. The van der Waals surface area contributed by atoms with Gasteiger partial charge >= 0.3 is 0 Å². The summed E-state index contributed by atoms with van der Waals surface area (Å²) in [5.41, 5.74) is -0.0837. The van der Waals surface area contributed by atoms with Crippen LogP contribution in [0.4, 0.5) is 0 Å². The van der Waals surface area contributed by atoms with E-state index in [9.17, 15) is 4.79 Å². The predicted octanol–water partition coefficient (Wildman–Crippen LogP) is 3.36. The molecule has 1 atom stereocenters. The first kappa shape index (κ1) is 14.5. The molecule has 0 aromatic rings. The molecule has 0 aliphatic carbocycles. The van der Waals surface area contributed by atoms with E-state index in [4.69, 9.17) is 0 Å². The molecular formula is C13H27NO. The molecule has 0 heterocycles. The second kappa shape index (κ2) is 5.00. The standard InChI is InChI=1S/C13H27NO/c1-8-9-10(12(2,3)4)11(15)14-13(5,6)7/h10H,8-9H2,1-7H3,(H,14,15)/t10-/m0/s1. The van der Waals surface area contributed by atoms with E-state index < -0.39 is 0 Å². The van der Waals surface area contributed by atoms with Crippen LogP contribution >= 0.6 is 0 Å². The largest absolute Gasteiger partial charge is 0.351 e. The van der Waals surface area contributed by atoms with Crippen molar-refractivity contribution < 1.29 is 4.79 Å². The van der Waals surface area contributed by atoms with Crippen LogP contribution in [0.5, 0.6) is 0 Å². The highest BCUT2D eigenvalue weighted by molar-refractivity contribution is 5.80. The van der Waals surface area contributed by atoms with Crippen molar-refractivity contribution >= 4 is 5.91 Å². The molecule has 0 aliphatic rings. The summed E-state index contributed by atoms with van der Waals surface area (Å²) in [6.45, 7) is 14.6. The summed E-state index contributed by atoms with van der Waals surface area (Å²) in [4.78, 5) is 12.1. The van der Waals surface area contributed by atoms with Crippen LogP contribution in [0.1, 0.15) is 61.3 Å². The summed E-state index contributed by atoms with van der Waals surface area (Å²) in [5.74, 6) is 0.304. The third-order valence-electron chi connectivity index (χ3n) is 2.44. The fourth-order valence-electron chi connectivity index (χ4n) is 1.70. The number of hydrogen-bond donors (Lipinski definition) is 1. The Morgan fingerprint density at radius 2 is 1.60 bits per heavy atom. The molecule has 0 unspecified atom stereocenters. The van der Waals surface area contributed by atoms with Gasteiger partial charge in [-0.15, -0.1) is 0 Å². The number of hydrogen-bond acceptors (Lipinski definition) is 1. The molecule has 90 valence electrons. The van der Waals surface area contributed by atoms with Gasteiger partial charge < -0.3 is 5.32 Å². The highest BCUT2D eigenvalue weighted by Gasteiger charge is 2.31. The van der Waals surface area contributed by atoms with Crippen LogP contribution in [0, 0.1) is 11.3 Å². The molecule has 1 N–H and O–H groups in total. The van der Waals surface area contributed by atoms with E-state index in [2.05, 4.69) is 33.0 Å². The summed E-state index contributed by atoms with van der Waals surface area (Å²) < 4.78 is 0. The lowest BCUT2D eigenvalue weighted by atomic mass is 9.77. The molecule has 0 saturated heterocycles. The van der Waals surface area contributed by atoms with Crippen LogP contribution in [-0.4, -0.2) is 11.4 Å². The maximum absolute atomic E-state index is 12.1. The molecule has 0 rings (SSSR count). The van der Waals surface area contributed by atoms with Crippen LogP contribution < -0.4 is 5.32 Å². The van der Waals surface area contributed by atoms with Crippen molar-refractivity contribution in [2.24, 2.45) is 11.3 Å². The lowest BCUT2D eigenvalue weighted by molar-refractivity contribution is -0.130. The zero-order valence-electron chi connectivity index (χ0n) is 11.4. The van der Waals surface area contributed by atoms with Gasteiger partial charge in [0.25, 0.3) is 0 Å². The van der Waals surface area contributed by atoms with Crippen LogP contribution in [-0.2, 0) is 4.79 Å². The van der Waals surface area contributed by atoms with E-state index >= 15 is 0 Å². The van der Waals surface area contributed by atoms with Crippen molar-refractivity contribution in [2.75, 3.05) is 0 Å². The number of carbonyl (C=O) groups excluding carboxylic acids is 1. The molecule has 0 spiro atoms. The smallest absolute Gasteiger partial charge is 0.224 e. The Kier molecular flexibility index (Phi) is 4.82. The summed E-state index contributed by atoms with van der Waals surface area (Å²) in [7, 11) is 0. The Hall–Kier alpha value is -0.530. The van der Waals surface area contributed by atoms with Crippen LogP contribution in [0.25, 0.3) is 0 Å². The van der Waals surface area contributed by atoms with Crippen molar-refractivity contribution in [1.29, 1.82) is 0 Å². The second-order valence-corrected chi connectivity index (χ2v) is 6.45. The minimum Gasteiger partial charge on any atom is -0.351 e. The van der Waals surface area contributed by atoms with Crippen molar-refractivity contribution in [1.82, 2.24) is 5.32 Å². The van der Waals surface area contributed by atoms with Crippen LogP contribution in [0.2, 0.25) is 0 Å². The van der Waals surface area contributed by atoms with E-state index in [1.165, 1.54) is 0 Å². The highest BCUT2D eigenvalue weighted by atomic mass is 16.2. The topological polar surface area (TPSA) is 29.1 Å². The number of nitrogens with one attached hydrogen (secondary N) is 1. The van der Waals surface area contributed by atoms with Gasteiger partial charge in [-0.2, -0.15) is 0 Å². The number of amides is 1. The third-order valence-corrected chi connectivity index (χ3v) is 2.44. The van der Waals surface area contributed by atoms with E-state index in [-0.39, 0.29) is 22.8 Å². The summed E-state index contributed by atoms with van der Waals surface area (Å²) in [5, 5.41) is 3.07. The van der Waals surface area contributed by atoms with Gasteiger partial charge in [0.05, 0.1) is 0 Å². The Bertz CT molecular complexity index is 208. The van der Waals surface area contributed by atoms with Crippen molar-refractivity contribution in [3.05, 3.63) is 0 Å². The monoisotopic (exact) mass is 213 g/mol. The van der Waals surface area contributed by atoms with Gasteiger partial charge in [-0.3, -0.25) is 4.79 Å². The quantitative estimate of drug-likeness (QED) is 0.765. The molecule has 0 saturated carbocycles. The van der Waals surface area contributed by atoms with Gasteiger partial charge in [-0.05, 0) is 32.6 Å². The zero-order chi connectivity index (χ0) is 12.3. The maximum atomic E-state index is 12.1. The highest BCUT2D eigenvalue weighted by Crippen LogP contribution is 2.30. The second-order valence-electron chi connectivity index (χ2n) is 6.45. The lowest BCUT2D eigenvalue weighted by Crippen LogP contribution is -2.46.